The highest BCUT2D eigenvalue weighted by Crippen LogP contribution is 2.29. The first-order valence-electron chi connectivity index (χ1n) is 4.75. The molecule has 0 aliphatic carbocycles. The number of anilines is 1. The van der Waals surface area contributed by atoms with Gasteiger partial charge >= 0.3 is 0 Å². The van der Waals surface area contributed by atoms with Crippen LogP contribution < -0.4 is 10.5 Å². The number of hydrogen-bond acceptors (Lipinski definition) is 3. The molecule has 2 N–H and O–H groups in total. The normalized spacial score (nSPS) is 10.4. The molecule has 0 aliphatic rings. The third-order valence-corrected chi connectivity index (χ3v) is 2.39. The monoisotopic (exact) mass is 221 g/mol. The summed E-state index contributed by atoms with van der Waals surface area (Å²) in [5, 5.41) is 4.03. The van der Waals surface area contributed by atoms with Crippen molar-refractivity contribution < 1.29 is 9.13 Å². The predicted octanol–water partition coefficient (Wildman–Crippen LogP) is 1.82. The van der Waals surface area contributed by atoms with Gasteiger partial charge in [-0.2, -0.15) is 5.10 Å². The van der Waals surface area contributed by atoms with E-state index in [9.17, 15) is 4.39 Å². The number of rotatable bonds is 2. The maximum absolute atomic E-state index is 13.2. The van der Waals surface area contributed by atoms with Crippen LogP contribution in [0, 0.1) is 5.82 Å². The molecule has 16 heavy (non-hydrogen) atoms. The van der Waals surface area contributed by atoms with Crippen LogP contribution in [-0.4, -0.2) is 16.9 Å². The number of aryl methyl sites for hydroxylation is 1. The number of aromatic nitrogens is 2. The van der Waals surface area contributed by atoms with Crippen molar-refractivity contribution in [1.82, 2.24) is 9.78 Å². The number of ether oxygens (including phenoxy) is 1. The van der Waals surface area contributed by atoms with Gasteiger partial charge in [-0.05, 0) is 18.2 Å². The number of hydrogen-bond donors (Lipinski definition) is 1. The summed E-state index contributed by atoms with van der Waals surface area (Å²) < 4.78 is 19.8. The van der Waals surface area contributed by atoms with Gasteiger partial charge in [-0.1, -0.05) is 0 Å². The Hall–Kier alpha value is -2.04. The van der Waals surface area contributed by atoms with Crippen LogP contribution in [0.3, 0.4) is 0 Å². The third kappa shape index (κ3) is 1.60. The van der Waals surface area contributed by atoms with Crippen LogP contribution in [-0.2, 0) is 7.05 Å². The molecule has 0 radical (unpaired) electrons. The van der Waals surface area contributed by atoms with Crippen LogP contribution in [0.5, 0.6) is 5.75 Å². The maximum atomic E-state index is 13.2. The Bertz CT molecular complexity index is 502. The standard InChI is InChI=1S/C11H12FN3O/c1-15-11(9(13)6-14-15)7-3-4-8(12)10(5-7)16-2/h3-6H,13H2,1-2H3. The number of nitrogen functional groups attached to an aromatic ring is 1. The van der Waals surface area contributed by atoms with Crippen LogP contribution in [0.25, 0.3) is 11.3 Å². The second-order valence-corrected chi connectivity index (χ2v) is 3.42. The highest BCUT2D eigenvalue weighted by molar-refractivity contribution is 5.73. The van der Waals surface area contributed by atoms with Gasteiger partial charge in [0.1, 0.15) is 0 Å². The SMILES string of the molecule is COc1cc(-c2c(N)cnn2C)ccc1F. The van der Waals surface area contributed by atoms with Crippen LogP contribution in [0.4, 0.5) is 10.1 Å². The number of benzene rings is 1. The van der Waals surface area contributed by atoms with E-state index < -0.39 is 5.82 Å². The summed E-state index contributed by atoms with van der Waals surface area (Å²) >= 11 is 0. The fourth-order valence-electron chi connectivity index (χ4n) is 1.62. The molecule has 0 spiro atoms. The molecule has 1 aromatic heterocycles. The summed E-state index contributed by atoms with van der Waals surface area (Å²) in [4.78, 5) is 0. The molecule has 4 nitrogen and oxygen atoms in total. The lowest BCUT2D eigenvalue weighted by Gasteiger charge is -2.07. The minimum Gasteiger partial charge on any atom is -0.494 e. The first-order chi connectivity index (χ1) is 7.63. The molecule has 0 aliphatic heterocycles. The fraction of sp³-hybridized carbons (Fsp3) is 0.182. The lowest BCUT2D eigenvalue weighted by molar-refractivity contribution is 0.386. The summed E-state index contributed by atoms with van der Waals surface area (Å²) in [7, 11) is 3.20. The van der Waals surface area contributed by atoms with Gasteiger partial charge in [-0.15, -0.1) is 0 Å². The molecule has 84 valence electrons. The first-order valence-corrected chi connectivity index (χ1v) is 4.75. The summed E-state index contributed by atoms with van der Waals surface area (Å²) in [5.74, 6) is -0.204. The van der Waals surface area contributed by atoms with Crippen LogP contribution >= 0.6 is 0 Å². The molecule has 0 atom stereocenters. The van der Waals surface area contributed by atoms with Crippen LogP contribution in [0.15, 0.2) is 24.4 Å². The second kappa shape index (κ2) is 3.84. The van der Waals surface area contributed by atoms with Crippen molar-refractivity contribution in [1.29, 1.82) is 0 Å². The molecule has 5 heteroatoms. The van der Waals surface area contributed by atoms with Crippen molar-refractivity contribution in [2.24, 2.45) is 7.05 Å². The van der Waals surface area contributed by atoms with Gasteiger partial charge in [0.05, 0.1) is 24.7 Å². The molecule has 1 aromatic carbocycles. The number of nitrogens with two attached hydrogens (primary N) is 1. The Balaban J connectivity index is 2.57. The fourth-order valence-corrected chi connectivity index (χ4v) is 1.62. The lowest BCUT2D eigenvalue weighted by atomic mass is 10.1. The molecule has 0 saturated heterocycles. The minimum atomic E-state index is -0.396. The van der Waals surface area contributed by atoms with Gasteiger partial charge in [-0.3, -0.25) is 4.68 Å². The van der Waals surface area contributed by atoms with Crippen molar-refractivity contribution in [3.8, 4) is 17.0 Å². The quantitative estimate of drug-likeness (QED) is 0.841. The Morgan fingerprint density at radius 3 is 2.75 bits per heavy atom. The second-order valence-electron chi connectivity index (χ2n) is 3.42. The Labute approximate surface area is 92.4 Å². The Morgan fingerprint density at radius 2 is 2.19 bits per heavy atom. The molecular weight excluding hydrogens is 209 g/mol. The zero-order chi connectivity index (χ0) is 11.7. The molecule has 1 heterocycles. The average molecular weight is 221 g/mol. The van der Waals surface area contributed by atoms with E-state index in [0.717, 1.165) is 11.3 Å². The van der Waals surface area contributed by atoms with Gasteiger partial charge in [0.2, 0.25) is 0 Å². The van der Waals surface area contributed by atoms with E-state index in [-0.39, 0.29) is 5.75 Å². The van der Waals surface area contributed by atoms with Crippen LogP contribution in [0.2, 0.25) is 0 Å². The number of methoxy groups -OCH3 is 1. The molecule has 0 amide bonds. The van der Waals surface area contributed by atoms with Crippen molar-refractivity contribution in [3.63, 3.8) is 0 Å². The van der Waals surface area contributed by atoms with Crippen molar-refractivity contribution >= 4 is 5.69 Å². The van der Waals surface area contributed by atoms with Crippen molar-refractivity contribution in [3.05, 3.63) is 30.2 Å². The van der Waals surface area contributed by atoms with Crippen LogP contribution in [0.1, 0.15) is 0 Å². The first kappa shape index (κ1) is 10.5. The van der Waals surface area contributed by atoms with Crippen molar-refractivity contribution in [2.45, 2.75) is 0 Å². The molecule has 2 rings (SSSR count). The van der Waals surface area contributed by atoms with Gasteiger partial charge in [-0.25, -0.2) is 4.39 Å². The maximum Gasteiger partial charge on any atom is 0.165 e. The van der Waals surface area contributed by atoms with E-state index in [2.05, 4.69) is 5.10 Å². The summed E-state index contributed by atoms with van der Waals surface area (Å²) in [6.45, 7) is 0. The predicted molar refractivity (Wildman–Crippen MR) is 59.6 cm³/mol. The highest BCUT2D eigenvalue weighted by Gasteiger charge is 2.11. The van der Waals surface area contributed by atoms with Gasteiger partial charge in [0.25, 0.3) is 0 Å². The molecule has 0 bridgehead atoms. The van der Waals surface area contributed by atoms with E-state index in [1.165, 1.54) is 13.2 Å². The lowest BCUT2D eigenvalue weighted by Crippen LogP contribution is -1.97. The van der Waals surface area contributed by atoms with E-state index in [4.69, 9.17) is 10.5 Å². The van der Waals surface area contributed by atoms with Gasteiger partial charge in [0, 0.05) is 12.6 Å². The zero-order valence-corrected chi connectivity index (χ0v) is 9.07. The largest absolute Gasteiger partial charge is 0.494 e. The Morgan fingerprint density at radius 1 is 1.44 bits per heavy atom. The van der Waals surface area contributed by atoms with E-state index in [1.54, 1.807) is 30.1 Å². The molecule has 0 fully saturated rings. The summed E-state index contributed by atoms with van der Waals surface area (Å²) in [6, 6.07) is 4.59. The van der Waals surface area contributed by atoms with E-state index in [0.29, 0.717) is 5.69 Å². The van der Waals surface area contributed by atoms with Gasteiger partial charge < -0.3 is 10.5 Å². The van der Waals surface area contributed by atoms with E-state index >= 15 is 0 Å². The summed E-state index contributed by atoms with van der Waals surface area (Å²) in [5.41, 5.74) is 7.86. The molecule has 0 saturated carbocycles. The van der Waals surface area contributed by atoms with E-state index in [1.807, 2.05) is 0 Å². The van der Waals surface area contributed by atoms with Crippen molar-refractivity contribution in [2.75, 3.05) is 12.8 Å². The smallest absolute Gasteiger partial charge is 0.165 e. The number of nitrogens with zero attached hydrogens (tertiary/aromatic N) is 2. The molecule has 0 unspecified atom stereocenters. The average Bonchev–Trinajstić information content (AvgIpc) is 2.60. The van der Waals surface area contributed by atoms with Gasteiger partial charge in [0.15, 0.2) is 11.6 Å². The summed E-state index contributed by atoms with van der Waals surface area (Å²) in [6.07, 6.45) is 1.56. The topological polar surface area (TPSA) is 53.1 Å². The molecular formula is C11H12FN3O. The third-order valence-electron chi connectivity index (χ3n) is 2.39. The minimum absolute atomic E-state index is 0.193. The molecule has 2 aromatic rings. The number of halogens is 1. The zero-order valence-electron chi connectivity index (χ0n) is 9.07. The highest BCUT2D eigenvalue weighted by atomic mass is 19.1. The Kier molecular flexibility index (Phi) is 2.52.